The summed E-state index contributed by atoms with van der Waals surface area (Å²) in [6, 6.07) is 13.1. The molecule has 0 unspecified atom stereocenters. The van der Waals surface area contributed by atoms with Gasteiger partial charge >= 0.3 is 12.1 Å². The maximum absolute atomic E-state index is 12.8. The number of aliphatic carboxylic acids is 1. The smallest absolute Gasteiger partial charge is 0.408 e. The maximum atomic E-state index is 12.8. The second-order valence-corrected chi connectivity index (χ2v) is 7.66. The van der Waals surface area contributed by atoms with Gasteiger partial charge in [0, 0.05) is 6.42 Å². The molecule has 166 valence electrons. The Morgan fingerprint density at radius 3 is 2.13 bits per heavy atom. The average molecular weight is 428 g/mol. The summed E-state index contributed by atoms with van der Waals surface area (Å²) >= 11 is 0. The predicted molar refractivity (Wildman–Crippen MR) is 114 cm³/mol. The van der Waals surface area contributed by atoms with E-state index in [9.17, 15) is 24.6 Å². The number of carboxylic acid groups (broad SMARTS) is 1. The number of amides is 2. The van der Waals surface area contributed by atoms with Gasteiger partial charge < -0.3 is 25.6 Å². The van der Waals surface area contributed by atoms with Crippen LogP contribution in [0.4, 0.5) is 4.79 Å². The van der Waals surface area contributed by atoms with Crippen LogP contribution in [0.1, 0.15) is 31.4 Å². The van der Waals surface area contributed by atoms with Crippen LogP contribution in [0.5, 0.6) is 5.75 Å². The topological polar surface area (TPSA) is 125 Å². The SMILES string of the molecule is CC(C)C[C@H](NC(=O)[C@H](Cc1ccc(O)cc1)NC(=O)OCc1ccccc1)C(=O)O. The third kappa shape index (κ3) is 8.38. The second kappa shape index (κ2) is 11.6. The Kier molecular flexibility index (Phi) is 8.87. The van der Waals surface area contributed by atoms with E-state index in [-0.39, 0.29) is 31.1 Å². The summed E-state index contributed by atoms with van der Waals surface area (Å²) in [6.07, 6.45) is -0.440. The van der Waals surface area contributed by atoms with Crippen LogP contribution in [0, 0.1) is 5.92 Å². The Morgan fingerprint density at radius 1 is 0.903 bits per heavy atom. The van der Waals surface area contributed by atoms with E-state index in [1.165, 1.54) is 12.1 Å². The van der Waals surface area contributed by atoms with Gasteiger partial charge in [0.25, 0.3) is 0 Å². The molecule has 0 heterocycles. The standard InChI is InChI=1S/C23H28N2O6/c1-15(2)12-20(22(28)29)24-21(27)19(13-16-8-10-18(26)11-9-16)25-23(30)31-14-17-6-4-3-5-7-17/h3-11,15,19-20,26H,12-14H2,1-2H3,(H,24,27)(H,25,30)(H,28,29)/t19-,20-/m0/s1. The zero-order chi connectivity index (χ0) is 22.8. The Bertz CT molecular complexity index is 867. The molecule has 0 fully saturated rings. The number of aromatic hydroxyl groups is 1. The number of nitrogens with one attached hydrogen (secondary N) is 2. The molecule has 0 saturated heterocycles. The highest BCUT2D eigenvalue weighted by Gasteiger charge is 2.27. The lowest BCUT2D eigenvalue weighted by Crippen LogP contribution is -2.52. The number of phenolic OH excluding ortho intramolecular Hbond substituents is 1. The number of carbonyl (C=O) groups is 3. The minimum Gasteiger partial charge on any atom is -0.508 e. The third-order valence-corrected chi connectivity index (χ3v) is 4.52. The lowest BCUT2D eigenvalue weighted by Gasteiger charge is -2.22. The third-order valence-electron chi connectivity index (χ3n) is 4.52. The number of benzene rings is 2. The van der Waals surface area contributed by atoms with Gasteiger partial charge in [0.1, 0.15) is 24.4 Å². The van der Waals surface area contributed by atoms with Crippen molar-refractivity contribution in [2.45, 2.75) is 45.4 Å². The molecule has 0 spiro atoms. The molecule has 4 N–H and O–H groups in total. The molecule has 8 nitrogen and oxygen atoms in total. The summed E-state index contributed by atoms with van der Waals surface area (Å²) in [5.74, 6) is -1.64. The molecule has 8 heteroatoms. The molecular weight excluding hydrogens is 400 g/mol. The van der Waals surface area contributed by atoms with Crippen LogP contribution in [-0.4, -0.2) is 40.3 Å². The van der Waals surface area contributed by atoms with Crippen molar-refractivity contribution in [2.24, 2.45) is 5.92 Å². The molecule has 0 saturated carbocycles. The molecule has 0 aliphatic heterocycles. The van der Waals surface area contributed by atoms with Crippen molar-refractivity contribution < 1.29 is 29.3 Å². The van der Waals surface area contributed by atoms with Crippen LogP contribution in [0.2, 0.25) is 0 Å². The maximum Gasteiger partial charge on any atom is 0.408 e. The monoisotopic (exact) mass is 428 g/mol. The van der Waals surface area contributed by atoms with Crippen molar-refractivity contribution in [3.8, 4) is 5.75 Å². The first-order valence-corrected chi connectivity index (χ1v) is 10.0. The van der Waals surface area contributed by atoms with Crippen molar-refractivity contribution in [3.05, 3.63) is 65.7 Å². The Labute approximate surface area is 181 Å². The molecule has 0 aliphatic rings. The molecule has 2 atom stereocenters. The summed E-state index contributed by atoms with van der Waals surface area (Å²) in [7, 11) is 0. The van der Waals surface area contributed by atoms with Gasteiger partial charge in [0.05, 0.1) is 0 Å². The van der Waals surface area contributed by atoms with Crippen LogP contribution < -0.4 is 10.6 Å². The number of hydrogen-bond donors (Lipinski definition) is 4. The van der Waals surface area contributed by atoms with Gasteiger partial charge in [-0.05, 0) is 35.6 Å². The molecule has 31 heavy (non-hydrogen) atoms. The van der Waals surface area contributed by atoms with E-state index in [1.54, 1.807) is 24.3 Å². The lowest BCUT2D eigenvalue weighted by atomic mass is 10.0. The summed E-state index contributed by atoms with van der Waals surface area (Å²) < 4.78 is 5.20. The zero-order valence-electron chi connectivity index (χ0n) is 17.6. The highest BCUT2D eigenvalue weighted by atomic mass is 16.5. The molecule has 0 bridgehead atoms. The van der Waals surface area contributed by atoms with Gasteiger partial charge in [0.2, 0.25) is 5.91 Å². The van der Waals surface area contributed by atoms with Crippen molar-refractivity contribution >= 4 is 18.0 Å². The van der Waals surface area contributed by atoms with Gasteiger partial charge in [-0.2, -0.15) is 0 Å². The quantitative estimate of drug-likeness (QED) is 0.461. The molecule has 2 rings (SSSR count). The minimum absolute atomic E-state index is 0.0331. The summed E-state index contributed by atoms with van der Waals surface area (Å²) in [6.45, 7) is 3.75. The molecular formula is C23H28N2O6. The van der Waals surface area contributed by atoms with E-state index in [0.29, 0.717) is 5.56 Å². The molecule has 2 amide bonds. The van der Waals surface area contributed by atoms with E-state index in [1.807, 2.05) is 32.0 Å². The van der Waals surface area contributed by atoms with Gasteiger partial charge in [-0.1, -0.05) is 56.3 Å². The van der Waals surface area contributed by atoms with E-state index in [2.05, 4.69) is 10.6 Å². The molecule has 0 aliphatic carbocycles. The normalized spacial score (nSPS) is 12.6. The molecule has 2 aromatic rings. The minimum atomic E-state index is -1.14. The van der Waals surface area contributed by atoms with E-state index in [4.69, 9.17) is 4.74 Å². The van der Waals surface area contributed by atoms with Gasteiger partial charge in [-0.15, -0.1) is 0 Å². The number of phenols is 1. The van der Waals surface area contributed by atoms with Crippen LogP contribution in [0.3, 0.4) is 0 Å². The van der Waals surface area contributed by atoms with Gasteiger partial charge in [-0.3, -0.25) is 4.79 Å². The van der Waals surface area contributed by atoms with Crippen LogP contribution in [-0.2, 0) is 27.4 Å². The Balaban J connectivity index is 2.08. The molecule has 2 aromatic carbocycles. The Hall–Kier alpha value is -3.55. The first kappa shape index (κ1) is 23.7. The highest BCUT2D eigenvalue weighted by Crippen LogP contribution is 2.12. The fraction of sp³-hybridized carbons (Fsp3) is 0.348. The number of carboxylic acids is 1. The number of carbonyl (C=O) groups excluding carboxylic acids is 2. The van der Waals surface area contributed by atoms with E-state index >= 15 is 0 Å². The van der Waals surface area contributed by atoms with Crippen LogP contribution in [0.25, 0.3) is 0 Å². The summed E-state index contributed by atoms with van der Waals surface area (Å²) in [5, 5.41) is 23.9. The lowest BCUT2D eigenvalue weighted by molar-refractivity contribution is -0.142. The summed E-state index contributed by atoms with van der Waals surface area (Å²) in [5.41, 5.74) is 1.47. The number of rotatable bonds is 10. The van der Waals surface area contributed by atoms with Crippen LogP contribution >= 0.6 is 0 Å². The van der Waals surface area contributed by atoms with Crippen LogP contribution in [0.15, 0.2) is 54.6 Å². The van der Waals surface area contributed by atoms with Gasteiger partial charge in [-0.25, -0.2) is 9.59 Å². The van der Waals surface area contributed by atoms with E-state index in [0.717, 1.165) is 5.56 Å². The fourth-order valence-electron chi connectivity index (χ4n) is 2.95. The first-order chi connectivity index (χ1) is 14.7. The second-order valence-electron chi connectivity index (χ2n) is 7.66. The van der Waals surface area contributed by atoms with Crippen molar-refractivity contribution in [3.63, 3.8) is 0 Å². The number of hydrogen-bond acceptors (Lipinski definition) is 5. The fourth-order valence-corrected chi connectivity index (χ4v) is 2.95. The predicted octanol–water partition coefficient (Wildman–Crippen LogP) is 2.85. The molecule has 0 aromatic heterocycles. The summed E-state index contributed by atoms with van der Waals surface area (Å²) in [4.78, 5) is 36.6. The zero-order valence-corrected chi connectivity index (χ0v) is 17.6. The van der Waals surface area contributed by atoms with Crippen molar-refractivity contribution in [2.75, 3.05) is 0 Å². The Morgan fingerprint density at radius 2 is 1.55 bits per heavy atom. The number of ether oxygens (including phenoxy) is 1. The average Bonchev–Trinajstić information content (AvgIpc) is 2.73. The first-order valence-electron chi connectivity index (χ1n) is 10.0. The van der Waals surface area contributed by atoms with E-state index < -0.39 is 30.1 Å². The molecule has 0 radical (unpaired) electrons. The number of alkyl carbamates (subject to hydrolysis) is 1. The highest BCUT2D eigenvalue weighted by molar-refractivity contribution is 5.89. The van der Waals surface area contributed by atoms with Crippen molar-refractivity contribution in [1.29, 1.82) is 0 Å². The largest absolute Gasteiger partial charge is 0.508 e. The van der Waals surface area contributed by atoms with Crippen molar-refractivity contribution in [1.82, 2.24) is 10.6 Å². The van der Waals surface area contributed by atoms with Gasteiger partial charge in [0.15, 0.2) is 0 Å².